The van der Waals surface area contributed by atoms with Crippen LogP contribution in [0.2, 0.25) is 0 Å². The molecule has 2 fully saturated rings. The van der Waals surface area contributed by atoms with Crippen LogP contribution in [0.5, 0.6) is 0 Å². The highest BCUT2D eigenvalue weighted by atomic mass is 15.3. The van der Waals surface area contributed by atoms with Crippen LogP contribution in [0.25, 0.3) is 0 Å². The van der Waals surface area contributed by atoms with Crippen LogP contribution in [0.3, 0.4) is 0 Å². The van der Waals surface area contributed by atoms with Crippen LogP contribution in [0.15, 0.2) is 12.3 Å². The van der Waals surface area contributed by atoms with Crippen molar-refractivity contribution in [1.29, 1.82) is 0 Å². The summed E-state index contributed by atoms with van der Waals surface area (Å²) in [5.74, 6) is 0. The molecule has 1 aromatic heterocycles. The zero-order chi connectivity index (χ0) is 13.8. The van der Waals surface area contributed by atoms with Crippen molar-refractivity contribution in [2.45, 2.75) is 88.6 Å². The SMILES string of the molecule is NC1(Cc2ccn(C3CCCC3)n2)CCCCCCC1. The molecule has 1 aromatic rings. The Bertz CT molecular complexity index is 410. The van der Waals surface area contributed by atoms with E-state index in [2.05, 4.69) is 16.9 Å². The molecule has 0 radical (unpaired) electrons. The number of rotatable bonds is 3. The predicted molar refractivity (Wildman–Crippen MR) is 82.7 cm³/mol. The van der Waals surface area contributed by atoms with E-state index in [9.17, 15) is 0 Å². The third-order valence-electron chi connectivity index (χ3n) is 5.24. The second-order valence-corrected chi connectivity index (χ2v) is 7.03. The topological polar surface area (TPSA) is 43.8 Å². The molecule has 2 saturated carbocycles. The summed E-state index contributed by atoms with van der Waals surface area (Å²) in [7, 11) is 0. The lowest BCUT2D eigenvalue weighted by molar-refractivity contribution is 0.310. The molecule has 1 heterocycles. The molecule has 0 saturated heterocycles. The molecule has 3 heteroatoms. The zero-order valence-electron chi connectivity index (χ0n) is 12.7. The lowest BCUT2D eigenvalue weighted by Gasteiger charge is -2.30. The summed E-state index contributed by atoms with van der Waals surface area (Å²) in [5.41, 5.74) is 7.88. The van der Waals surface area contributed by atoms with Gasteiger partial charge in [-0.15, -0.1) is 0 Å². The normalized spacial score (nSPS) is 24.4. The van der Waals surface area contributed by atoms with E-state index < -0.39 is 0 Å². The molecular formula is C17H29N3. The summed E-state index contributed by atoms with van der Waals surface area (Å²) in [6.07, 6.45) is 17.5. The van der Waals surface area contributed by atoms with Gasteiger partial charge in [0, 0.05) is 18.2 Å². The van der Waals surface area contributed by atoms with Gasteiger partial charge in [-0.2, -0.15) is 5.10 Å². The van der Waals surface area contributed by atoms with Crippen LogP contribution >= 0.6 is 0 Å². The molecule has 0 atom stereocenters. The monoisotopic (exact) mass is 275 g/mol. The van der Waals surface area contributed by atoms with Gasteiger partial charge < -0.3 is 5.73 Å². The summed E-state index contributed by atoms with van der Waals surface area (Å²) in [4.78, 5) is 0. The summed E-state index contributed by atoms with van der Waals surface area (Å²) < 4.78 is 2.20. The van der Waals surface area contributed by atoms with E-state index in [1.54, 1.807) is 0 Å². The third kappa shape index (κ3) is 3.43. The second-order valence-electron chi connectivity index (χ2n) is 7.03. The first-order valence-electron chi connectivity index (χ1n) is 8.58. The van der Waals surface area contributed by atoms with Crippen molar-refractivity contribution < 1.29 is 0 Å². The van der Waals surface area contributed by atoms with Crippen LogP contribution in [0.1, 0.15) is 82.4 Å². The Morgan fingerprint density at radius 1 is 1.05 bits per heavy atom. The van der Waals surface area contributed by atoms with E-state index in [1.807, 2.05) is 0 Å². The first-order valence-corrected chi connectivity index (χ1v) is 8.58. The Labute approximate surface area is 122 Å². The Morgan fingerprint density at radius 2 is 1.70 bits per heavy atom. The summed E-state index contributed by atoms with van der Waals surface area (Å²) in [6, 6.07) is 2.85. The molecule has 2 N–H and O–H groups in total. The molecule has 2 aliphatic carbocycles. The van der Waals surface area contributed by atoms with Crippen molar-refractivity contribution in [3.05, 3.63) is 18.0 Å². The fraction of sp³-hybridized carbons (Fsp3) is 0.824. The summed E-state index contributed by atoms with van der Waals surface area (Å²) in [6.45, 7) is 0. The minimum atomic E-state index is -0.00468. The molecule has 3 nitrogen and oxygen atoms in total. The quantitative estimate of drug-likeness (QED) is 0.906. The van der Waals surface area contributed by atoms with E-state index in [4.69, 9.17) is 10.8 Å². The van der Waals surface area contributed by atoms with Crippen LogP contribution in [-0.2, 0) is 6.42 Å². The number of hydrogen-bond acceptors (Lipinski definition) is 2. The predicted octanol–water partition coefficient (Wildman–Crippen LogP) is 3.98. The van der Waals surface area contributed by atoms with Crippen LogP contribution < -0.4 is 5.73 Å². The standard InChI is InChI=1S/C17H29N3/c18-17(11-6-2-1-3-7-12-17)14-15-10-13-20(19-15)16-8-4-5-9-16/h10,13,16H,1-9,11-12,14,18H2. The summed E-state index contributed by atoms with van der Waals surface area (Å²) >= 11 is 0. The van der Waals surface area contributed by atoms with Gasteiger partial charge in [-0.25, -0.2) is 0 Å². The lowest BCUT2D eigenvalue weighted by Crippen LogP contribution is -2.42. The minimum Gasteiger partial charge on any atom is -0.325 e. The fourth-order valence-corrected chi connectivity index (χ4v) is 3.99. The molecule has 112 valence electrons. The molecule has 3 rings (SSSR count). The van der Waals surface area contributed by atoms with Crippen molar-refractivity contribution in [2.75, 3.05) is 0 Å². The van der Waals surface area contributed by atoms with E-state index >= 15 is 0 Å². The highest BCUT2D eigenvalue weighted by molar-refractivity contribution is 5.06. The molecule has 0 aliphatic heterocycles. The van der Waals surface area contributed by atoms with Crippen LogP contribution in [0, 0.1) is 0 Å². The van der Waals surface area contributed by atoms with Crippen molar-refractivity contribution in [2.24, 2.45) is 5.73 Å². The molecule has 0 aromatic carbocycles. The van der Waals surface area contributed by atoms with E-state index in [1.165, 1.54) is 76.3 Å². The molecule has 0 bridgehead atoms. The Kier molecular flexibility index (Phi) is 4.45. The van der Waals surface area contributed by atoms with Crippen molar-refractivity contribution in [1.82, 2.24) is 9.78 Å². The fourth-order valence-electron chi connectivity index (χ4n) is 3.99. The first kappa shape index (κ1) is 14.1. The lowest BCUT2D eigenvalue weighted by atomic mass is 9.81. The summed E-state index contributed by atoms with van der Waals surface area (Å²) in [5, 5.41) is 4.82. The average molecular weight is 275 g/mol. The zero-order valence-corrected chi connectivity index (χ0v) is 12.7. The molecule has 0 unspecified atom stereocenters. The highest BCUT2D eigenvalue weighted by Crippen LogP contribution is 2.30. The maximum absolute atomic E-state index is 6.67. The number of nitrogens with zero attached hydrogens (tertiary/aromatic N) is 2. The molecule has 0 amide bonds. The van der Waals surface area contributed by atoms with Gasteiger partial charge in [0.1, 0.15) is 0 Å². The Hall–Kier alpha value is -0.830. The van der Waals surface area contributed by atoms with Crippen LogP contribution in [0.4, 0.5) is 0 Å². The first-order chi connectivity index (χ1) is 9.75. The van der Waals surface area contributed by atoms with E-state index in [0.717, 1.165) is 6.42 Å². The second kappa shape index (κ2) is 6.30. The molecule has 0 spiro atoms. The van der Waals surface area contributed by atoms with Gasteiger partial charge >= 0.3 is 0 Å². The number of hydrogen-bond donors (Lipinski definition) is 1. The smallest absolute Gasteiger partial charge is 0.0643 e. The number of aromatic nitrogens is 2. The highest BCUT2D eigenvalue weighted by Gasteiger charge is 2.27. The van der Waals surface area contributed by atoms with Gasteiger partial charge in [-0.1, -0.05) is 44.9 Å². The largest absolute Gasteiger partial charge is 0.325 e. The average Bonchev–Trinajstić information content (AvgIpc) is 3.04. The van der Waals surface area contributed by atoms with Gasteiger partial charge in [0.2, 0.25) is 0 Å². The Balaban J connectivity index is 1.63. The van der Waals surface area contributed by atoms with E-state index in [-0.39, 0.29) is 5.54 Å². The maximum Gasteiger partial charge on any atom is 0.0643 e. The van der Waals surface area contributed by atoms with Crippen LogP contribution in [-0.4, -0.2) is 15.3 Å². The van der Waals surface area contributed by atoms with Gasteiger partial charge in [0.05, 0.1) is 11.7 Å². The Morgan fingerprint density at radius 3 is 2.40 bits per heavy atom. The number of nitrogens with two attached hydrogens (primary N) is 1. The third-order valence-corrected chi connectivity index (χ3v) is 5.24. The van der Waals surface area contributed by atoms with Crippen molar-refractivity contribution >= 4 is 0 Å². The van der Waals surface area contributed by atoms with E-state index in [0.29, 0.717) is 6.04 Å². The van der Waals surface area contributed by atoms with Gasteiger partial charge in [-0.05, 0) is 31.7 Å². The van der Waals surface area contributed by atoms with Gasteiger partial charge in [0.15, 0.2) is 0 Å². The van der Waals surface area contributed by atoms with Crippen molar-refractivity contribution in [3.63, 3.8) is 0 Å². The van der Waals surface area contributed by atoms with Gasteiger partial charge in [-0.3, -0.25) is 4.68 Å². The molecule has 20 heavy (non-hydrogen) atoms. The van der Waals surface area contributed by atoms with Gasteiger partial charge in [0.25, 0.3) is 0 Å². The maximum atomic E-state index is 6.67. The molecular weight excluding hydrogens is 246 g/mol. The minimum absolute atomic E-state index is 0.00468. The molecule has 2 aliphatic rings. The van der Waals surface area contributed by atoms with Crippen molar-refractivity contribution in [3.8, 4) is 0 Å².